The first-order valence-corrected chi connectivity index (χ1v) is 5.01. The molecule has 92 valence electrons. The Bertz CT molecular complexity index is 370. The molecule has 0 radical (unpaired) electrons. The summed E-state index contributed by atoms with van der Waals surface area (Å²) in [6.45, 7) is 3.06. The van der Waals surface area contributed by atoms with Gasteiger partial charge in [0, 0.05) is 12.5 Å². The number of alkyl halides is 2. The highest BCUT2D eigenvalue weighted by Gasteiger charge is 2.40. The Kier molecular flexibility index (Phi) is 4.70. The standard InChI is InChI=1S/C12H12F2O3/c1-3-5-17-12(15)8-6-10(14)11(16-4-2)7-9(8)13/h1,4,7-10H,2,5-6H2/p+1/t8-,9?,10?/m1/s1. The molecule has 0 aromatic rings. The molecule has 0 spiro atoms. The lowest BCUT2D eigenvalue weighted by molar-refractivity contribution is -0.150. The van der Waals surface area contributed by atoms with Gasteiger partial charge in [-0.3, -0.25) is 4.79 Å². The number of allylic oxidation sites excluding steroid dienone is 2. The normalized spacial score (nSPS) is 27.6. The third kappa shape index (κ3) is 3.31. The third-order valence-corrected chi connectivity index (χ3v) is 2.34. The predicted octanol–water partition coefficient (Wildman–Crippen LogP) is 1.98. The van der Waals surface area contributed by atoms with Gasteiger partial charge in [-0.25, -0.2) is 8.78 Å². The Morgan fingerprint density at radius 2 is 2.47 bits per heavy atom. The van der Waals surface area contributed by atoms with Crippen LogP contribution in [0.15, 0.2) is 24.7 Å². The summed E-state index contributed by atoms with van der Waals surface area (Å²) in [6.07, 6.45) is 3.58. The van der Waals surface area contributed by atoms with Gasteiger partial charge in [-0.15, -0.1) is 6.42 Å². The monoisotopic (exact) mass is 243 g/mol. The van der Waals surface area contributed by atoms with Crippen LogP contribution >= 0.6 is 0 Å². The summed E-state index contributed by atoms with van der Waals surface area (Å²) in [6, 6.07) is 0. The minimum absolute atomic E-state index is 0.0477. The van der Waals surface area contributed by atoms with Crippen molar-refractivity contribution >= 4 is 5.97 Å². The summed E-state index contributed by atoms with van der Waals surface area (Å²) < 4.78 is 35.3. The summed E-state index contributed by atoms with van der Waals surface area (Å²) in [5.74, 6) is 0.0471. The lowest BCUT2D eigenvalue weighted by atomic mass is 9.90. The summed E-state index contributed by atoms with van der Waals surface area (Å²) in [7, 11) is 0. The van der Waals surface area contributed by atoms with Crippen molar-refractivity contribution in [3.8, 4) is 12.3 Å². The molecule has 0 fully saturated rings. The number of hydrogen-bond acceptors (Lipinski definition) is 2. The smallest absolute Gasteiger partial charge is 0.313 e. The highest BCUT2D eigenvalue weighted by molar-refractivity contribution is 5.74. The van der Waals surface area contributed by atoms with E-state index in [0.29, 0.717) is 0 Å². The van der Waals surface area contributed by atoms with E-state index in [0.717, 1.165) is 12.3 Å². The first-order chi connectivity index (χ1) is 8.10. The van der Waals surface area contributed by atoms with E-state index < -0.39 is 24.2 Å². The topological polar surface area (TPSA) is 39.1 Å². The van der Waals surface area contributed by atoms with Crippen molar-refractivity contribution in [2.24, 2.45) is 5.92 Å². The van der Waals surface area contributed by atoms with E-state index in [1.54, 1.807) is 0 Å². The minimum Gasteiger partial charge on any atom is -0.553 e. The van der Waals surface area contributed by atoms with Crippen LogP contribution in [0.1, 0.15) is 6.42 Å². The van der Waals surface area contributed by atoms with Crippen molar-refractivity contribution in [1.82, 2.24) is 0 Å². The summed E-state index contributed by atoms with van der Waals surface area (Å²) in [5, 5.41) is 0. The molecule has 3 nitrogen and oxygen atoms in total. The number of esters is 1. The van der Waals surface area contributed by atoms with Crippen LogP contribution in [-0.2, 0) is 9.53 Å². The van der Waals surface area contributed by atoms with E-state index in [4.69, 9.17) is 6.42 Å². The second kappa shape index (κ2) is 6.04. The molecule has 1 rings (SSSR count). The SMILES string of the molecule is C#CCOC(=O)[C@@H]1CC(F)C([OH+]C=C)=CC1F. The van der Waals surface area contributed by atoms with Crippen molar-refractivity contribution in [2.45, 2.75) is 18.8 Å². The summed E-state index contributed by atoms with van der Waals surface area (Å²) in [5.41, 5.74) is 0. The van der Waals surface area contributed by atoms with E-state index in [2.05, 4.69) is 22.0 Å². The van der Waals surface area contributed by atoms with Gasteiger partial charge in [-0.05, 0) is 6.58 Å². The van der Waals surface area contributed by atoms with Crippen LogP contribution in [0.5, 0.6) is 0 Å². The average molecular weight is 243 g/mol. The van der Waals surface area contributed by atoms with Crippen LogP contribution in [0.3, 0.4) is 0 Å². The number of rotatable bonds is 4. The zero-order valence-corrected chi connectivity index (χ0v) is 9.11. The Morgan fingerprint density at radius 3 is 3.06 bits per heavy atom. The van der Waals surface area contributed by atoms with Crippen LogP contribution in [0.2, 0.25) is 0 Å². The average Bonchev–Trinajstić information content (AvgIpc) is 2.30. The summed E-state index contributed by atoms with van der Waals surface area (Å²) in [4.78, 5) is 11.4. The number of carbonyl (C=O) groups is 1. The Morgan fingerprint density at radius 1 is 1.76 bits per heavy atom. The fourth-order valence-electron chi connectivity index (χ4n) is 1.53. The lowest BCUT2D eigenvalue weighted by Crippen LogP contribution is -2.34. The number of halogens is 2. The number of ether oxygens (including phenoxy) is 2. The first-order valence-electron chi connectivity index (χ1n) is 5.01. The van der Waals surface area contributed by atoms with Gasteiger partial charge in [0.25, 0.3) is 5.76 Å². The highest BCUT2D eigenvalue weighted by atomic mass is 19.1. The zero-order valence-electron chi connectivity index (χ0n) is 9.11. The molecule has 0 saturated carbocycles. The number of terminal acetylenes is 1. The van der Waals surface area contributed by atoms with Crippen molar-refractivity contribution in [3.05, 3.63) is 24.7 Å². The quantitative estimate of drug-likeness (QED) is 0.328. The molecule has 3 atom stereocenters. The van der Waals surface area contributed by atoms with Gasteiger partial charge in [0.1, 0.15) is 6.17 Å². The molecule has 17 heavy (non-hydrogen) atoms. The van der Waals surface area contributed by atoms with E-state index >= 15 is 0 Å². The maximum atomic E-state index is 13.6. The molecule has 0 aromatic heterocycles. The maximum absolute atomic E-state index is 13.6. The molecule has 1 aliphatic rings. The maximum Gasteiger partial charge on any atom is 0.313 e. The third-order valence-electron chi connectivity index (χ3n) is 2.34. The Balaban J connectivity index is 2.70. The number of carbonyl (C=O) groups excluding carboxylic acids is 1. The zero-order chi connectivity index (χ0) is 12.8. The molecule has 5 heteroatoms. The van der Waals surface area contributed by atoms with Crippen LogP contribution in [0, 0.1) is 18.3 Å². The molecule has 0 heterocycles. The molecule has 0 aromatic carbocycles. The second-order valence-corrected chi connectivity index (χ2v) is 3.47. The number of hydrogen-bond donors (Lipinski definition) is 0. The molecule has 2 unspecified atom stereocenters. The largest absolute Gasteiger partial charge is 0.553 e. The van der Waals surface area contributed by atoms with Gasteiger partial charge in [0.15, 0.2) is 6.61 Å². The van der Waals surface area contributed by atoms with Gasteiger partial charge < -0.3 is 9.47 Å². The van der Waals surface area contributed by atoms with Crippen molar-refractivity contribution in [1.29, 1.82) is 0 Å². The molecule has 0 aliphatic heterocycles. The van der Waals surface area contributed by atoms with E-state index in [1.165, 1.54) is 0 Å². The lowest BCUT2D eigenvalue weighted by Gasteiger charge is -2.23. The van der Waals surface area contributed by atoms with Crippen molar-refractivity contribution in [2.75, 3.05) is 6.61 Å². The molecular formula is C12H13F2O3+. The second-order valence-electron chi connectivity index (χ2n) is 3.47. The Hall–Kier alpha value is -1.83. The fraction of sp³-hybridized carbons (Fsp3) is 0.417. The van der Waals surface area contributed by atoms with Crippen LogP contribution in [0.25, 0.3) is 0 Å². The highest BCUT2D eigenvalue weighted by Crippen LogP contribution is 2.29. The van der Waals surface area contributed by atoms with Crippen molar-refractivity contribution < 1.29 is 23.0 Å². The van der Waals surface area contributed by atoms with Crippen LogP contribution in [0.4, 0.5) is 8.78 Å². The van der Waals surface area contributed by atoms with Gasteiger partial charge in [0.05, 0.1) is 5.92 Å². The van der Waals surface area contributed by atoms with Gasteiger partial charge in [0.2, 0.25) is 12.4 Å². The van der Waals surface area contributed by atoms with Crippen molar-refractivity contribution in [3.63, 3.8) is 0 Å². The first kappa shape index (κ1) is 13.2. The molecule has 0 bridgehead atoms. The van der Waals surface area contributed by atoms with E-state index in [1.807, 2.05) is 0 Å². The van der Waals surface area contributed by atoms with Crippen LogP contribution in [-0.4, -0.2) is 29.7 Å². The Labute approximate surface area is 98.1 Å². The molecule has 1 N–H and O–H groups in total. The summed E-state index contributed by atoms with van der Waals surface area (Å²) >= 11 is 0. The molecule has 0 saturated heterocycles. The van der Waals surface area contributed by atoms with Crippen LogP contribution < -0.4 is 0 Å². The number of aliphatic hydroxyl groups is 2. The van der Waals surface area contributed by atoms with E-state index in [9.17, 15) is 13.6 Å². The van der Waals surface area contributed by atoms with Gasteiger partial charge in [-0.1, -0.05) is 5.92 Å². The molecule has 1 aliphatic carbocycles. The van der Waals surface area contributed by atoms with Gasteiger partial charge >= 0.3 is 5.97 Å². The molecular weight excluding hydrogens is 230 g/mol. The van der Waals surface area contributed by atoms with E-state index in [-0.39, 0.29) is 18.8 Å². The predicted molar refractivity (Wildman–Crippen MR) is 58.6 cm³/mol. The molecule has 0 amide bonds. The minimum atomic E-state index is -1.62. The fourth-order valence-corrected chi connectivity index (χ4v) is 1.53. The van der Waals surface area contributed by atoms with Gasteiger partial charge in [-0.2, -0.15) is 0 Å².